The third-order valence-electron chi connectivity index (χ3n) is 2.82. The predicted octanol–water partition coefficient (Wildman–Crippen LogP) is -0.265. The molecule has 7 heteroatoms. The summed E-state index contributed by atoms with van der Waals surface area (Å²) < 4.78 is 0. The molecule has 0 saturated heterocycles. The Morgan fingerprint density at radius 2 is 2.06 bits per heavy atom. The van der Waals surface area contributed by atoms with E-state index < -0.39 is 0 Å². The van der Waals surface area contributed by atoms with Crippen molar-refractivity contribution in [2.45, 2.75) is 25.7 Å². The van der Waals surface area contributed by atoms with Crippen molar-refractivity contribution in [3.05, 3.63) is 11.4 Å². The molecule has 98 valence electrons. The first-order valence-electron chi connectivity index (χ1n) is 5.96. The number of aromatic amines is 1. The van der Waals surface area contributed by atoms with Crippen molar-refractivity contribution in [3.63, 3.8) is 0 Å². The van der Waals surface area contributed by atoms with Gasteiger partial charge in [0.05, 0.1) is 11.4 Å². The average molecular weight is 251 g/mol. The van der Waals surface area contributed by atoms with Gasteiger partial charge < -0.3 is 16.4 Å². The number of nitrogens with zero attached hydrogens (tertiary/aromatic N) is 1. The van der Waals surface area contributed by atoms with E-state index in [0.717, 1.165) is 18.5 Å². The van der Waals surface area contributed by atoms with Crippen LogP contribution in [0.5, 0.6) is 0 Å². The van der Waals surface area contributed by atoms with E-state index >= 15 is 0 Å². The molecule has 0 spiro atoms. The van der Waals surface area contributed by atoms with Crippen molar-refractivity contribution in [2.24, 2.45) is 0 Å². The van der Waals surface area contributed by atoms with E-state index in [1.165, 1.54) is 6.92 Å². The van der Waals surface area contributed by atoms with Crippen LogP contribution in [0.25, 0.3) is 0 Å². The van der Waals surface area contributed by atoms with Gasteiger partial charge in [0.2, 0.25) is 5.91 Å². The van der Waals surface area contributed by atoms with E-state index in [9.17, 15) is 9.59 Å². The van der Waals surface area contributed by atoms with Crippen LogP contribution >= 0.6 is 0 Å². The highest BCUT2D eigenvalue weighted by Crippen LogP contribution is 2.42. The molecular weight excluding hydrogens is 234 g/mol. The van der Waals surface area contributed by atoms with E-state index in [0.29, 0.717) is 24.7 Å². The molecule has 5 N–H and O–H groups in total. The zero-order chi connectivity index (χ0) is 13.1. The highest BCUT2D eigenvalue weighted by molar-refractivity contribution is 5.97. The summed E-state index contributed by atoms with van der Waals surface area (Å²) >= 11 is 0. The van der Waals surface area contributed by atoms with Crippen LogP contribution in [0.1, 0.15) is 41.9 Å². The van der Waals surface area contributed by atoms with Crippen LogP contribution in [-0.2, 0) is 4.79 Å². The van der Waals surface area contributed by atoms with E-state index in [4.69, 9.17) is 5.73 Å². The average Bonchev–Trinajstić information content (AvgIpc) is 3.08. The second kappa shape index (κ2) is 5.07. The zero-order valence-electron chi connectivity index (χ0n) is 10.2. The maximum atomic E-state index is 11.8. The summed E-state index contributed by atoms with van der Waals surface area (Å²) in [6.45, 7) is 2.17. The fraction of sp³-hybridized carbons (Fsp3) is 0.545. The molecule has 0 aromatic carbocycles. The molecule has 0 aliphatic heterocycles. The van der Waals surface area contributed by atoms with Crippen molar-refractivity contribution in [2.75, 3.05) is 18.8 Å². The van der Waals surface area contributed by atoms with E-state index in [1.807, 2.05) is 0 Å². The molecule has 1 aliphatic rings. The van der Waals surface area contributed by atoms with Crippen molar-refractivity contribution >= 4 is 17.5 Å². The quantitative estimate of drug-likeness (QED) is 0.540. The van der Waals surface area contributed by atoms with Gasteiger partial charge in [-0.05, 0) is 12.8 Å². The van der Waals surface area contributed by atoms with Gasteiger partial charge in [-0.2, -0.15) is 5.10 Å². The lowest BCUT2D eigenvalue weighted by Gasteiger charge is -2.04. The number of amides is 2. The lowest BCUT2D eigenvalue weighted by Crippen LogP contribution is -2.34. The predicted molar refractivity (Wildman–Crippen MR) is 66.0 cm³/mol. The molecule has 1 aromatic rings. The van der Waals surface area contributed by atoms with Crippen LogP contribution in [0.4, 0.5) is 5.69 Å². The summed E-state index contributed by atoms with van der Waals surface area (Å²) in [6.07, 6.45) is 2.19. The Hall–Kier alpha value is -2.05. The molecule has 1 aliphatic carbocycles. The number of carbonyl (C=O) groups excluding carboxylic acids is 2. The monoisotopic (exact) mass is 251 g/mol. The van der Waals surface area contributed by atoms with E-state index in [2.05, 4.69) is 20.8 Å². The SMILES string of the molecule is CC(=O)NCCNC(=O)c1n[nH]c(C2CC2)c1N. The Kier molecular flexibility index (Phi) is 3.50. The summed E-state index contributed by atoms with van der Waals surface area (Å²) in [5, 5.41) is 12.0. The Balaban J connectivity index is 1.86. The van der Waals surface area contributed by atoms with Gasteiger partial charge in [0.25, 0.3) is 5.91 Å². The van der Waals surface area contributed by atoms with Gasteiger partial charge in [0.15, 0.2) is 5.69 Å². The maximum absolute atomic E-state index is 11.8. The minimum atomic E-state index is -0.319. The third-order valence-corrected chi connectivity index (χ3v) is 2.82. The number of carbonyl (C=O) groups is 2. The minimum Gasteiger partial charge on any atom is -0.395 e. The zero-order valence-corrected chi connectivity index (χ0v) is 10.2. The van der Waals surface area contributed by atoms with Gasteiger partial charge in [-0.1, -0.05) is 0 Å². The Labute approximate surface area is 105 Å². The molecule has 1 fully saturated rings. The highest BCUT2D eigenvalue weighted by atomic mass is 16.2. The van der Waals surface area contributed by atoms with Crippen LogP contribution in [0.15, 0.2) is 0 Å². The molecule has 0 atom stereocenters. The summed E-state index contributed by atoms with van der Waals surface area (Å²) in [5.74, 6) is -0.0148. The number of anilines is 1. The molecule has 1 saturated carbocycles. The number of hydrogen-bond donors (Lipinski definition) is 4. The number of rotatable bonds is 5. The van der Waals surface area contributed by atoms with Crippen molar-refractivity contribution in [3.8, 4) is 0 Å². The summed E-state index contributed by atoms with van der Waals surface area (Å²) in [6, 6.07) is 0. The van der Waals surface area contributed by atoms with Crippen LogP contribution in [0, 0.1) is 0 Å². The van der Waals surface area contributed by atoms with Gasteiger partial charge in [0.1, 0.15) is 0 Å². The molecule has 2 amide bonds. The number of nitrogens with one attached hydrogen (secondary N) is 3. The second-order valence-electron chi connectivity index (χ2n) is 4.41. The highest BCUT2D eigenvalue weighted by Gasteiger charge is 2.30. The molecule has 0 radical (unpaired) electrons. The summed E-state index contributed by atoms with van der Waals surface area (Å²) in [4.78, 5) is 22.4. The van der Waals surface area contributed by atoms with E-state index in [1.54, 1.807) is 0 Å². The standard InChI is InChI=1S/C11H17N5O2/c1-6(17)13-4-5-14-11(18)10-8(12)9(15-16-10)7-2-3-7/h7H,2-5,12H2,1H3,(H,13,17)(H,14,18)(H,15,16). The normalized spacial score (nSPS) is 14.3. The lowest BCUT2D eigenvalue weighted by molar-refractivity contribution is -0.118. The van der Waals surface area contributed by atoms with E-state index in [-0.39, 0.29) is 17.5 Å². The van der Waals surface area contributed by atoms with Crippen LogP contribution in [0.3, 0.4) is 0 Å². The van der Waals surface area contributed by atoms with Gasteiger partial charge in [-0.3, -0.25) is 14.7 Å². The van der Waals surface area contributed by atoms with Gasteiger partial charge in [-0.15, -0.1) is 0 Å². The maximum Gasteiger partial charge on any atom is 0.274 e. The number of hydrogen-bond acceptors (Lipinski definition) is 4. The van der Waals surface area contributed by atoms with Crippen LogP contribution in [-0.4, -0.2) is 35.1 Å². The van der Waals surface area contributed by atoms with Crippen molar-refractivity contribution < 1.29 is 9.59 Å². The van der Waals surface area contributed by atoms with Crippen LogP contribution < -0.4 is 16.4 Å². The Bertz CT molecular complexity index is 464. The molecule has 0 bridgehead atoms. The molecule has 18 heavy (non-hydrogen) atoms. The molecule has 1 heterocycles. The fourth-order valence-electron chi connectivity index (χ4n) is 1.72. The number of aromatic nitrogens is 2. The molecule has 1 aromatic heterocycles. The minimum absolute atomic E-state index is 0.125. The summed E-state index contributed by atoms with van der Waals surface area (Å²) in [7, 11) is 0. The molecule has 0 unspecified atom stereocenters. The lowest BCUT2D eigenvalue weighted by atomic mass is 10.2. The number of nitrogens with two attached hydrogens (primary N) is 1. The topological polar surface area (TPSA) is 113 Å². The number of H-pyrrole nitrogens is 1. The van der Waals surface area contributed by atoms with Gasteiger partial charge >= 0.3 is 0 Å². The largest absolute Gasteiger partial charge is 0.395 e. The van der Waals surface area contributed by atoms with Gasteiger partial charge in [-0.25, -0.2) is 0 Å². The first-order chi connectivity index (χ1) is 8.59. The summed E-state index contributed by atoms with van der Waals surface area (Å²) in [5.41, 5.74) is 7.41. The van der Waals surface area contributed by atoms with Crippen molar-refractivity contribution in [1.82, 2.24) is 20.8 Å². The first kappa shape index (κ1) is 12.4. The van der Waals surface area contributed by atoms with Crippen LogP contribution in [0.2, 0.25) is 0 Å². The third kappa shape index (κ3) is 2.79. The smallest absolute Gasteiger partial charge is 0.274 e. The first-order valence-corrected chi connectivity index (χ1v) is 5.96. The fourth-order valence-corrected chi connectivity index (χ4v) is 1.72. The molecule has 2 rings (SSSR count). The van der Waals surface area contributed by atoms with Crippen molar-refractivity contribution in [1.29, 1.82) is 0 Å². The van der Waals surface area contributed by atoms with Gasteiger partial charge in [0, 0.05) is 25.9 Å². The Morgan fingerprint density at radius 1 is 1.39 bits per heavy atom. The molecular formula is C11H17N5O2. The molecule has 7 nitrogen and oxygen atoms in total. The second-order valence-corrected chi connectivity index (χ2v) is 4.41. The number of nitrogen functional groups attached to an aromatic ring is 1. The Morgan fingerprint density at radius 3 is 2.67 bits per heavy atom.